The van der Waals surface area contributed by atoms with Crippen molar-refractivity contribution in [3.63, 3.8) is 0 Å². The van der Waals surface area contributed by atoms with Gasteiger partial charge in [0.2, 0.25) is 0 Å². The number of halogens is 2. The second-order valence-corrected chi connectivity index (χ2v) is 7.59. The van der Waals surface area contributed by atoms with Gasteiger partial charge >= 0.3 is 0 Å². The van der Waals surface area contributed by atoms with Gasteiger partial charge in [0.05, 0.1) is 15.6 Å². The van der Waals surface area contributed by atoms with Crippen molar-refractivity contribution in [2.45, 2.75) is 18.7 Å². The van der Waals surface area contributed by atoms with E-state index < -0.39 is 10.0 Å². The molecule has 0 radical (unpaired) electrons. The number of hydrogen-bond acceptors (Lipinski definition) is 3. The molecule has 0 atom stereocenters. The van der Waals surface area contributed by atoms with E-state index in [9.17, 15) is 13.2 Å². The smallest absolute Gasteiger partial charge is 0.261 e. The molecule has 5 nitrogen and oxygen atoms in total. The first-order valence-corrected chi connectivity index (χ1v) is 9.35. The summed E-state index contributed by atoms with van der Waals surface area (Å²) in [6.07, 6.45) is 0. The van der Waals surface area contributed by atoms with Crippen LogP contribution in [0, 0.1) is 6.92 Å². The van der Waals surface area contributed by atoms with Crippen molar-refractivity contribution in [1.82, 2.24) is 5.32 Å². The molecule has 2 aromatic carbocycles. The van der Waals surface area contributed by atoms with Crippen LogP contribution >= 0.6 is 23.2 Å². The minimum absolute atomic E-state index is 0.0274. The number of hydrogen-bond donors (Lipinski definition) is 2. The Hall–Kier alpha value is -1.76. The number of sulfonamides is 1. The molecule has 0 aliphatic rings. The van der Waals surface area contributed by atoms with Crippen LogP contribution in [-0.2, 0) is 10.0 Å². The molecule has 0 heterocycles. The molecule has 128 valence electrons. The van der Waals surface area contributed by atoms with Crippen molar-refractivity contribution in [3.05, 3.63) is 57.6 Å². The maximum atomic E-state index is 12.5. The second-order valence-electron chi connectivity index (χ2n) is 5.07. The Morgan fingerprint density at radius 1 is 1.12 bits per heavy atom. The lowest BCUT2D eigenvalue weighted by Crippen LogP contribution is -2.24. The van der Waals surface area contributed by atoms with Gasteiger partial charge in [-0.3, -0.25) is 9.52 Å². The lowest BCUT2D eigenvalue weighted by Gasteiger charge is -2.12. The maximum Gasteiger partial charge on any atom is 0.261 e. The summed E-state index contributed by atoms with van der Waals surface area (Å²) >= 11 is 11.8. The third-order valence-corrected chi connectivity index (χ3v) is 5.19. The van der Waals surface area contributed by atoms with Gasteiger partial charge in [0.25, 0.3) is 15.9 Å². The topological polar surface area (TPSA) is 75.3 Å². The van der Waals surface area contributed by atoms with E-state index >= 15 is 0 Å². The molecular weight excluding hydrogens is 371 g/mol. The van der Waals surface area contributed by atoms with Crippen LogP contribution in [0.2, 0.25) is 10.0 Å². The first-order valence-electron chi connectivity index (χ1n) is 7.11. The highest BCUT2D eigenvalue weighted by molar-refractivity contribution is 7.92. The molecule has 24 heavy (non-hydrogen) atoms. The van der Waals surface area contributed by atoms with Crippen LogP contribution in [0.4, 0.5) is 5.69 Å². The molecule has 0 unspecified atom stereocenters. The van der Waals surface area contributed by atoms with Crippen molar-refractivity contribution < 1.29 is 13.2 Å². The fourth-order valence-corrected chi connectivity index (χ4v) is 3.66. The summed E-state index contributed by atoms with van der Waals surface area (Å²) in [7, 11) is -3.89. The summed E-state index contributed by atoms with van der Waals surface area (Å²) in [5, 5.41) is 3.24. The number of amides is 1. The summed E-state index contributed by atoms with van der Waals surface area (Å²) in [5.74, 6) is -0.323. The zero-order valence-electron chi connectivity index (χ0n) is 13.1. The molecule has 0 aromatic heterocycles. The predicted molar refractivity (Wildman–Crippen MR) is 96.5 cm³/mol. The summed E-state index contributed by atoms with van der Waals surface area (Å²) < 4.78 is 27.5. The summed E-state index contributed by atoms with van der Waals surface area (Å²) in [4.78, 5) is 12.0. The van der Waals surface area contributed by atoms with Crippen LogP contribution in [0.3, 0.4) is 0 Å². The second kappa shape index (κ2) is 7.42. The van der Waals surface area contributed by atoms with E-state index in [0.717, 1.165) is 0 Å². The third-order valence-electron chi connectivity index (χ3n) is 3.28. The molecule has 0 bridgehead atoms. The first-order chi connectivity index (χ1) is 11.2. The minimum atomic E-state index is -3.89. The van der Waals surface area contributed by atoms with Crippen molar-refractivity contribution >= 4 is 44.8 Å². The highest BCUT2D eigenvalue weighted by Gasteiger charge is 2.19. The molecule has 1 amide bonds. The number of carbonyl (C=O) groups excluding carboxylic acids is 1. The number of aryl methyl sites for hydroxylation is 1. The van der Waals surface area contributed by atoms with E-state index in [1.54, 1.807) is 19.9 Å². The van der Waals surface area contributed by atoms with Gasteiger partial charge < -0.3 is 5.32 Å². The highest BCUT2D eigenvalue weighted by atomic mass is 35.5. The highest BCUT2D eigenvalue weighted by Crippen LogP contribution is 2.28. The molecular formula is C16H16Cl2N2O3S. The van der Waals surface area contributed by atoms with E-state index in [4.69, 9.17) is 23.2 Å². The fourth-order valence-electron chi connectivity index (χ4n) is 2.04. The number of nitrogens with one attached hydrogen (secondary N) is 2. The molecule has 2 rings (SSSR count). The van der Waals surface area contributed by atoms with Crippen molar-refractivity contribution in [2.24, 2.45) is 0 Å². The van der Waals surface area contributed by atoms with Gasteiger partial charge in [0.1, 0.15) is 0 Å². The number of carbonyl (C=O) groups is 1. The average molecular weight is 387 g/mol. The van der Waals surface area contributed by atoms with E-state index in [1.807, 2.05) is 0 Å². The molecule has 0 spiro atoms. The first kappa shape index (κ1) is 18.6. The Kier molecular flexibility index (Phi) is 5.74. The SMILES string of the molecule is CCNC(=O)c1cc(S(=O)(=O)Nc2ccc(Cl)cc2Cl)ccc1C. The van der Waals surface area contributed by atoms with Crippen LogP contribution in [0.1, 0.15) is 22.8 Å². The zero-order chi connectivity index (χ0) is 17.9. The van der Waals surface area contributed by atoms with Crippen LogP contribution in [0.25, 0.3) is 0 Å². The van der Waals surface area contributed by atoms with Gasteiger partial charge in [-0.25, -0.2) is 8.42 Å². The molecule has 8 heteroatoms. The molecule has 0 saturated heterocycles. The van der Waals surface area contributed by atoms with E-state index in [0.29, 0.717) is 22.7 Å². The van der Waals surface area contributed by atoms with Crippen LogP contribution < -0.4 is 10.0 Å². The summed E-state index contributed by atoms with van der Waals surface area (Å²) in [5.41, 5.74) is 1.20. The largest absolute Gasteiger partial charge is 0.352 e. The Morgan fingerprint density at radius 2 is 1.83 bits per heavy atom. The Labute approximate surface area is 151 Å². The van der Waals surface area contributed by atoms with E-state index in [2.05, 4.69) is 10.0 Å². The fraction of sp³-hybridized carbons (Fsp3) is 0.188. The monoisotopic (exact) mass is 386 g/mol. The van der Waals surface area contributed by atoms with Crippen molar-refractivity contribution in [3.8, 4) is 0 Å². The normalized spacial score (nSPS) is 11.2. The molecule has 0 aliphatic carbocycles. The number of rotatable bonds is 5. The van der Waals surface area contributed by atoms with E-state index in [1.165, 1.54) is 30.3 Å². The summed E-state index contributed by atoms with van der Waals surface area (Å²) in [6.45, 7) is 3.98. The van der Waals surface area contributed by atoms with Crippen LogP contribution in [-0.4, -0.2) is 20.9 Å². The number of benzene rings is 2. The predicted octanol–water partition coefficient (Wildman–Crippen LogP) is 3.85. The van der Waals surface area contributed by atoms with Crippen molar-refractivity contribution in [2.75, 3.05) is 11.3 Å². The molecule has 0 saturated carbocycles. The van der Waals surface area contributed by atoms with Crippen LogP contribution in [0.15, 0.2) is 41.3 Å². The number of anilines is 1. The molecule has 0 aliphatic heterocycles. The minimum Gasteiger partial charge on any atom is -0.352 e. The van der Waals surface area contributed by atoms with Gasteiger partial charge in [0, 0.05) is 17.1 Å². The quantitative estimate of drug-likeness (QED) is 0.818. The molecule has 0 fully saturated rings. The average Bonchev–Trinajstić information content (AvgIpc) is 2.50. The molecule has 2 aromatic rings. The Morgan fingerprint density at radius 3 is 2.46 bits per heavy atom. The maximum absolute atomic E-state index is 12.5. The molecule has 2 N–H and O–H groups in total. The van der Waals surface area contributed by atoms with Gasteiger partial charge in [-0.1, -0.05) is 29.3 Å². The van der Waals surface area contributed by atoms with E-state index in [-0.39, 0.29) is 21.5 Å². The van der Waals surface area contributed by atoms with Crippen LogP contribution in [0.5, 0.6) is 0 Å². The standard InChI is InChI=1S/C16H16Cl2N2O3S/c1-3-19-16(21)13-9-12(6-4-10(13)2)24(22,23)20-15-7-5-11(17)8-14(15)18/h4-9,20H,3H2,1-2H3,(H,19,21). The summed E-state index contributed by atoms with van der Waals surface area (Å²) in [6, 6.07) is 8.80. The zero-order valence-corrected chi connectivity index (χ0v) is 15.4. The van der Waals surface area contributed by atoms with Gasteiger partial charge in [-0.05, 0) is 49.7 Å². The van der Waals surface area contributed by atoms with Crippen molar-refractivity contribution in [1.29, 1.82) is 0 Å². The van der Waals surface area contributed by atoms with Gasteiger partial charge in [-0.15, -0.1) is 0 Å². The Bertz CT molecular complexity index is 883. The Balaban J connectivity index is 2.39. The lowest BCUT2D eigenvalue weighted by atomic mass is 10.1. The lowest BCUT2D eigenvalue weighted by molar-refractivity contribution is 0.0955. The van der Waals surface area contributed by atoms with Gasteiger partial charge in [0.15, 0.2) is 0 Å². The van der Waals surface area contributed by atoms with Gasteiger partial charge in [-0.2, -0.15) is 0 Å². The third kappa shape index (κ3) is 4.20.